The molecule has 1 atom stereocenters. The Morgan fingerprint density at radius 1 is 1.42 bits per heavy atom. The summed E-state index contributed by atoms with van der Waals surface area (Å²) in [6.45, 7) is 0.751. The maximum atomic E-state index is 9.64. The van der Waals surface area contributed by atoms with Crippen molar-refractivity contribution in [3.8, 4) is 6.07 Å². The fraction of sp³-hybridized carbons (Fsp3) is 0.267. The van der Waals surface area contributed by atoms with E-state index in [4.69, 9.17) is 0 Å². The van der Waals surface area contributed by atoms with E-state index in [0.717, 1.165) is 29.4 Å². The van der Waals surface area contributed by atoms with Crippen LogP contribution < -0.4 is 5.32 Å². The molecule has 0 spiro atoms. The summed E-state index contributed by atoms with van der Waals surface area (Å²) in [5.74, 6) is 0. The summed E-state index contributed by atoms with van der Waals surface area (Å²) < 4.78 is 1.08. The van der Waals surface area contributed by atoms with Gasteiger partial charge in [0.1, 0.15) is 5.54 Å². The Labute approximate surface area is 125 Å². The van der Waals surface area contributed by atoms with Crippen molar-refractivity contribution in [3.05, 3.63) is 56.2 Å². The van der Waals surface area contributed by atoms with E-state index < -0.39 is 5.54 Å². The average molecular weight is 333 g/mol. The van der Waals surface area contributed by atoms with Crippen molar-refractivity contribution in [2.45, 2.75) is 24.9 Å². The Hall–Kier alpha value is -1.15. The number of fused-ring (bicyclic) bond motifs is 1. The van der Waals surface area contributed by atoms with Crippen molar-refractivity contribution >= 4 is 27.3 Å². The minimum atomic E-state index is -0.528. The summed E-state index contributed by atoms with van der Waals surface area (Å²) in [4.78, 5) is 1.26. The number of thiophene rings is 1. The molecule has 1 heterocycles. The van der Waals surface area contributed by atoms with Crippen LogP contribution in [0.15, 0.2) is 40.2 Å². The van der Waals surface area contributed by atoms with Crippen molar-refractivity contribution < 1.29 is 0 Å². The van der Waals surface area contributed by atoms with Gasteiger partial charge in [-0.25, -0.2) is 0 Å². The lowest BCUT2D eigenvalue weighted by molar-refractivity contribution is 0.425. The summed E-state index contributed by atoms with van der Waals surface area (Å²) in [7, 11) is 0. The standard InChI is InChI=1S/C15H13BrN2S/c16-12-3-4-14-11(8-12)5-6-15(14,10-17)18-9-13-2-1-7-19-13/h1-4,7-8,18H,5-6,9H2. The number of nitrogens with zero attached hydrogens (tertiary/aromatic N) is 1. The first-order chi connectivity index (χ1) is 9.23. The SMILES string of the molecule is N#CC1(NCc2cccs2)CCc2cc(Br)ccc21. The Morgan fingerprint density at radius 2 is 2.32 bits per heavy atom. The van der Waals surface area contributed by atoms with Crippen LogP contribution in [0, 0.1) is 11.3 Å². The molecule has 1 aliphatic carbocycles. The van der Waals surface area contributed by atoms with E-state index in [9.17, 15) is 5.26 Å². The van der Waals surface area contributed by atoms with Gasteiger partial charge >= 0.3 is 0 Å². The summed E-state index contributed by atoms with van der Waals surface area (Å²) in [6, 6.07) is 12.8. The number of halogens is 1. The smallest absolute Gasteiger partial charge is 0.133 e. The molecule has 2 aromatic rings. The number of hydrogen-bond donors (Lipinski definition) is 1. The molecule has 3 rings (SSSR count). The average Bonchev–Trinajstić information content (AvgIpc) is 3.04. The monoisotopic (exact) mass is 332 g/mol. The van der Waals surface area contributed by atoms with Gasteiger partial charge in [-0.1, -0.05) is 28.1 Å². The lowest BCUT2D eigenvalue weighted by atomic mass is 9.93. The predicted octanol–water partition coefficient (Wildman–Crippen LogP) is 3.97. The maximum Gasteiger partial charge on any atom is 0.133 e. The summed E-state index contributed by atoms with van der Waals surface area (Å²) in [5.41, 5.74) is 1.88. The van der Waals surface area contributed by atoms with Crippen LogP contribution in [0.3, 0.4) is 0 Å². The maximum absolute atomic E-state index is 9.64. The summed E-state index contributed by atoms with van der Waals surface area (Å²) in [5, 5.41) is 15.2. The molecule has 96 valence electrons. The Morgan fingerprint density at radius 3 is 3.05 bits per heavy atom. The Balaban J connectivity index is 1.88. The van der Waals surface area contributed by atoms with E-state index in [1.54, 1.807) is 11.3 Å². The lowest BCUT2D eigenvalue weighted by Crippen LogP contribution is -2.38. The van der Waals surface area contributed by atoms with Crippen molar-refractivity contribution in [1.29, 1.82) is 5.26 Å². The highest BCUT2D eigenvalue weighted by Crippen LogP contribution is 2.38. The topological polar surface area (TPSA) is 35.8 Å². The number of hydrogen-bond acceptors (Lipinski definition) is 3. The zero-order valence-electron chi connectivity index (χ0n) is 10.3. The van der Waals surface area contributed by atoms with Gasteiger partial charge in [0.05, 0.1) is 6.07 Å². The van der Waals surface area contributed by atoms with Gasteiger partial charge in [-0.2, -0.15) is 5.26 Å². The second-order valence-corrected chi connectivity index (χ2v) is 6.70. The quantitative estimate of drug-likeness (QED) is 0.923. The highest BCUT2D eigenvalue weighted by molar-refractivity contribution is 9.10. The van der Waals surface area contributed by atoms with Crippen LogP contribution in [-0.4, -0.2) is 0 Å². The second kappa shape index (κ2) is 5.09. The van der Waals surface area contributed by atoms with Gasteiger partial charge < -0.3 is 0 Å². The molecule has 0 saturated heterocycles. The van der Waals surface area contributed by atoms with Crippen LogP contribution in [0.5, 0.6) is 0 Å². The van der Waals surface area contributed by atoms with Gasteiger partial charge in [0.2, 0.25) is 0 Å². The summed E-state index contributed by atoms with van der Waals surface area (Å²) >= 11 is 5.21. The first-order valence-corrected chi connectivity index (χ1v) is 7.88. The van der Waals surface area contributed by atoms with E-state index >= 15 is 0 Å². The largest absolute Gasteiger partial charge is 0.291 e. The summed E-state index contributed by atoms with van der Waals surface area (Å²) in [6.07, 6.45) is 1.81. The van der Waals surface area contributed by atoms with Crippen molar-refractivity contribution in [3.63, 3.8) is 0 Å². The van der Waals surface area contributed by atoms with Crippen LogP contribution >= 0.6 is 27.3 Å². The molecule has 1 N–H and O–H groups in total. The molecular formula is C15H13BrN2S. The van der Waals surface area contributed by atoms with Gasteiger partial charge in [-0.05, 0) is 47.5 Å². The Kier molecular flexibility index (Phi) is 3.44. The van der Waals surface area contributed by atoms with Gasteiger partial charge in [-0.15, -0.1) is 11.3 Å². The molecule has 0 bridgehead atoms. The van der Waals surface area contributed by atoms with Crippen LogP contribution in [0.4, 0.5) is 0 Å². The van der Waals surface area contributed by atoms with Gasteiger partial charge in [0, 0.05) is 15.9 Å². The first kappa shape index (κ1) is 12.9. The molecule has 1 unspecified atom stereocenters. The van der Waals surface area contributed by atoms with E-state index in [0.29, 0.717) is 0 Å². The number of aryl methyl sites for hydroxylation is 1. The molecule has 1 aliphatic rings. The molecule has 0 radical (unpaired) electrons. The molecule has 0 amide bonds. The third-order valence-corrected chi connectivity index (χ3v) is 5.00. The van der Waals surface area contributed by atoms with E-state index in [2.05, 4.69) is 50.9 Å². The van der Waals surface area contributed by atoms with E-state index in [-0.39, 0.29) is 0 Å². The third-order valence-electron chi connectivity index (χ3n) is 3.63. The lowest BCUT2D eigenvalue weighted by Gasteiger charge is -2.23. The molecule has 4 heteroatoms. The fourth-order valence-corrected chi connectivity index (χ4v) is 3.69. The first-order valence-electron chi connectivity index (χ1n) is 6.21. The van der Waals surface area contributed by atoms with Crippen LogP contribution in [0.25, 0.3) is 0 Å². The van der Waals surface area contributed by atoms with Gasteiger partial charge in [-0.3, -0.25) is 5.32 Å². The van der Waals surface area contributed by atoms with E-state index in [1.807, 2.05) is 12.1 Å². The molecule has 0 fully saturated rings. The normalized spacial score (nSPS) is 21.1. The molecular weight excluding hydrogens is 320 g/mol. The molecule has 0 aliphatic heterocycles. The number of nitriles is 1. The zero-order valence-corrected chi connectivity index (χ0v) is 12.7. The fourth-order valence-electron chi connectivity index (χ4n) is 2.63. The molecule has 1 aromatic heterocycles. The second-order valence-electron chi connectivity index (χ2n) is 4.75. The van der Waals surface area contributed by atoms with Crippen LogP contribution in [0.1, 0.15) is 22.4 Å². The van der Waals surface area contributed by atoms with Gasteiger partial charge in [0.25, 0.3) is 0 Å². The van der Waals surface area contributed by atoms with Crippen molar-refractivity contribution in [2.75, 3.05) is 0 Å². The minimum Gasteiger partial charge on any atom is -0.291 e. The number of rotatable bonds is 3. The molecule has 19 heavy (non-hydrogen) atoms. The van der Waals surface area contributed by atoms with Crippen molar-refractivity contribution in [2.24, 2.45) is 0 Å². The zero-order chi connectivity index (χ0) is 13.3. The van der Waals surface area contributed by atoms with E-state index in [1.165, 1.54) is 10.4 Å². The predicted molar refractivity (Wildman–Crippen MR) is 80.9 cm³/mol. The highest BCUT2D eigenvalue weighted by Gasteiger charge is 2.38. The van der Waals surface area contributed by atoms with Crippen LogP contribution in [0.2, 0.25) is 0 Å². The molecule has 1 aromatic carbocycles. The number of nitrogens with one attached hydrogen (secondary N) is 1. The number of benzene rings is 1. The molecule has 2 nitrogen and oxygen atoms in total. The third kappa shape index (κ3) is 2.34. The van der Waals surface area contributed by atoms with Gasteiger partial charge in [0.15, 0.2) is 0 Å². The van der Waals surface area contributed by atoms with Crippen molar-refractivity contribution in [1.82, 2.24) is 5.32 Å². The Bertz CT molecular complexity index is 630. The molecule has 0 saturated carbocycles. The van der Waals surface area contributed by atoms with Crippen LogP contribution in [-0.2, 0) is 18.5 Å². The highest BCUT2D eigenvalue weighted by atomic mass is 79.9. The minimum absolute atomic E-state index is 0.528.